The number of amides is 4. The Hall–Kier alpha value is -3.64. The van der Waals surface area contributed by atoms with Crippen LogP contribution in [-0.4, -0.2) is 62.7 Å². The number of rotatable bonds is 1. The summed E-state index contributed by atoms with van der Waals surface area (Å²) < 4.78 is 11.6. The Morgan fingerprint density at radius 3 is 2.65 bits per heavy atom. The van der Waals surface area contributed by atoms with E-state index in [2.05, 4.69) is 25.8 Å². The highest BCUT2D eigenvalue weighted by Gasteiger charge is 2.63. The number of urea groups is 1. The average Bonchev–Trinajstić information content (AvgIpc) is 3.21. The predicted octanol–water partition coefficient (Wildman–Crippen LogP) is 1.22. The van der Waals surface area contributed by atoms with Crippen LogP contribution in [0.25, 0.3) is 22.5 Å². The minimum Gasteiger partial charge on any atom is -0.372 e. The number of anilines is 1. The number of morpholine rings is 1. The van der Waals surface area contributed by atoms with Crippen LogP contribution < -0.4 is 15.5 Å². The van der Waals surface area contributed by atoms with Crippen molar-refractivity contribution in [3.05, 3.63) is 29.3 Å². The summed E-state index contributed by atoms with van der Waals surface area (Å²) in [6.45, 7) is 4.02. The Bertz CT molecular complexity index is 1360. The van der Waals surface area contributed by atoms with Gasteiger partial charge in [0.05, 0.1) is 35.8 Å². The molecular weight excluding hydrogens is 466 g/mol. The van der Waals surface area contributed by atoms with Crippen molar-refractivity contribution in [2.24, 2.45) is 5.41 Å². The van der Waals surface area contributed by atoms with Crippen LogP contribution in [0.2, 0.25) is 5.02 Å². The molecule has 0 radical (unpaired) electrons. The minimum absolute atomic E-state index is 0.0999. The molecule has 2 N–H and O–H groups in total. The summed E-state index contributed by atoms with van der Waals surface area (Å²) in [5.74, 6) is -1.41. The summed E-state index contributed by atoms with van der Waals surface area (Å²) in [6, 6.07) is -1.59. The van der Waals surface area contributed by atoms with Gasteiger partial charge in [-0.15, -0.1) is 0 Å². The van der Waals surface area contributed by atoms with Crippen LogP contribution in [0.4, 0.5) is 10.5 Å². The molecule has 4 amide bonds. The van der Waals surface area contributed by atoms with Crippen molar-refractivity contribution in [2.45, 2.75) is 38.5 Å². The van der Waals surface area contributed by atoms with E-state index < -0.39 is 35.4 Å². The van der Waals surface area contributed by atoms with Gasteiger partial charge in [0, 0.05) is 25.4 Å². The van der Waals surface area contributed by atoms with E-state index >= 15 is 0 Å². The van der Waals surface area contributed by atoms with E-state index in [1.165, 1.54) is 18.6 Å². The molecule has 0 unspecified atom stereocenters. The fraction of sp³-hybridized carbons (Fsp3) is 0.381. The molecule has 0 saturated carbocycles. The second kappa shape index (κ2) is 7.18. The third-order valence-electron chi connectivity index (χ3n) is 6.58. The lowest BCUT2D eigenvalue weighted by molar-refractivity contribution is -0.153. The number of ether oxygens (including phenoxy) is 1. The van der Waals surface area contributed by atoms with Gasteiger partial charge in [-0.05, 0) is 13.8 Å². The number of aromatic nitrogens is 4. The molecule has 3 aromatic rings. The average molecular weight is 484 g/mol. The zero-order valence-electron chi connectivity index (χ0n) is 18.0. The van der Waals surface area contributed by atoms with Crippen LogP contribution in [0.15, 0.2) is 23.1 Å². The fourth-order valence-corrected chi connectivity index (χ4v) is 5.69. The molecule has 3 aliphatic heterocycles. The molecule has 6 heterocycles. The van der Waals surface area contributed by atoms with Crippen LogP contribution >= 0.6 is 11.6 Å². The third-order valence-corrected chi connectivity index (χ3v) is 6.94. The van der Waals surface area contributed by atoms with Crippen LogP contribution in [0.1, 0.15) is 19.5 Å². The van der Waals surface area contributed by atoms with Gasteiger partial charge < -0.3 is 14.2 Å². The maximum atomic E-state index is 13.3. The number of halogens is 1. The Labute approximate surface area is 197 Å². The van der Waals surface area contributed by atoms with Gasteiger partial charge in [0.2, 0.25) is 17.4 Å². The lowest BCUT2D eigenvalue weighted by atomic mass is 9.67. The maximum Gasteiger partial charge on any atom is 0.328 e. The molecule has 0 aromatic carbocycles. The van der Waals surface area contributed by atoms with Gasteiger partial charge in [-0.1, -0.05) is 16.8 Å². The van der Waals surface area contributed by atoms with E-state index in [0.717, 1.165) is 0 Å². The summed E-state index contributed by atoms with van der Waals surface area (Å²) in [4.78, 5) is 53.4. The first-order chi connectivity index (χ1) is 16.3. The molecule has 13 heteroatoms. The van der Waals surface area contributed by atoms with Crippen molar-refractivity contribution in [1.29, 1.82) is 0 Å². The number of nitrogens with one attached hydrogen (secondary N) is 2. The van der Waals surface area contributed by atoms with E-state index in [-0.39, 0.29) is 23.1 Å². The molecule has 12 nitrogen and oxygen atoms in total. The van der Waals surface area contributed by atoms with Gasteiger partial charge in [0.15, 0.2) is 11.1 Å². The Balaban J connectivity index is 1.61. The molecule has 6 rings (SSSR count). The minimum atomic E-state index is -1.66. The standard InChI is InChI=1S/C21H18ClN7O5/c1-8-7-29-15-10(5-21(17(29)9(2)33-8)18(30)26-20(32)27-19(21)31)25-14-13(11-6-23-3-4-24-11)28-34-16(14)12(15)22/h3-4,6,8-9,17H,5,7H2,1-2H3,(H2,26,27,30,31,32)/t8-,9+,17-/m0/s1. The molecule has 3 aromatic heterocycles. The van der Waals surface area contributed by atoms with Gasteiger partial charge in [0.1, 0.15) is 16.2 Å². The Kier molecular flexibility index (Phi) is 4.42. The molecule has 0 aliphatic carbocycles. The van der Waals surface area contributed by atoms with Gasteiger partial charge in [-0.25, -0.2) is 9.78 Å². The number of imide groups is 2. The van der Waals surface area contributed by atoms with E-state index in [0.29, 0.717) is 34.8 Å². The van der Waals surface area contributed by atoms with Crippen molar-refractivity contribution in [3.8, 4) is 11.4 Å². The smallest absolute Gasteiger partial charge is 0.328 e. The van der Waals surface area contributed by atoms with Crippen LogP contribution in [0.5, 0.6) is 0 Å². The van der Waals surface area contributed by atoms with Crippen LogP contribution in [0, 0.1) is 5.41 Å². The number of hydrogen-bond acceptors (Lipinski definition) is 10. The zero-order chi connectivity index (χ0) is 23.8. The molecule has 174 valence electrons. The normalized spacial score (nSPS) is 25.7. The summed E-state index contributed by atoms with van der Waals surface area (Å²) >= 11 is 6.85. The number of nitrogens with zero attached hydrogens (tertiary/aromatic N) is 5. The number of pyridine rings is 1. The first kappa shape index (κ1) is 20.9. The second-order valence-corrected chi connectivity index (χ2v) is 9.03. The van der Waals surface area contributed by atoms with Crippen molar-refractivity contribution >= 4 is 46.2 Å². The molecule has 2 saturated heterocycles. The van der Waals surface area contributed by atoms with Crippen molar-refractivity contribution < 1.29 is 23.6 Å². The number of hydrogen-bond donors (Lipinski definition) is 2. The summed E-state index contributed by atoms with van der Waals surface area (Å²) in [5, 5.41) is 8.86. The molecular formula is C21H18ClN7O5. The number of carbonyl (C=O) groups is 3. The maximum absolute atomic E-state index is 13.3. The molecule has 34 heavy (non-hydrogen) atoms. The van der Waals surface area contributed by atoms with E-state index in [1.54, 1.807) is 6.92 Å². The topological polar surface area (TPSA) is 152 Å². The number of barbiturate groups is 1. The Morgan fingerprint density at radius 1 is 1.18 bits per heavy atom. The van der Waals surface area contributed by atoms with Crippen LogP contribution in [-0.2, 0) is 20.7 Å². The second-order valence-electron chi connectivity index (χ2n) is 8.66. The quantitative estimate of drug-likeness (QED) is 0.483. The van der Waals surface area contributed by atoms with Gasteiger partial charge in [0.25, 0.3) is 0 Å². The fourth-order valence-electron chi connectivity index (χ4n) is 5.35. The van der Waals surface area contributed by atoms with Gasteiger partial charge in [-0.2, -0.15) is 0 Å². The summed E-state index contributed by atoms with van der Waals surface area (Å²) in [5.41, 5.74) is 0.652. The van der Waals surface area contributed by atoms with E-state index in [1.807, 2.05) is 11.8 Å². The van der Waals surface area contributed by atoms with E-state index in [4.69, 9.17) is 25.8 Å². The lowest BCUT2D eigenvalue weighted by Gasteiger charge is -2.55. The summed E-state index contributed by atoms with van der Waals surface area (Å²) in [6.07, 6.45) is 3.71. The highest BCUT2D eigenvalue weighted by Crippen LogP contribution is 2.50. The molecule has 1 spiro atoms. The first-order valence-corrected chi connectivity index (χ1v) is 11.0. The molecule has 0 bridgehead atoms. The zero-order valence-corrected chi connectivity index (χ0v) is 18.8. The van der Waals surface area contributed by atoms with Crippen molar-refractivity contribution in [2.75, 3.05) is 11.4 Å². The number of carbonyl (C=O) groups excluding carboxylic acids is 3. The van der Waals surface area contributed by atoms with Gasteiger partial charge in [-0.3, -0.25) is 30.2 Å². The van der Waals surface area contributed by atoms with Crippen molar-refractivity contribution in [1.82, 2.24) is 30.7 Å². The highest BCUT2D eigenvalue weighted by molar-refractivity contribution is 6.38. The first-order valence-electron chi connectivity index (χ1n) is 10.6. The Morgan fingerprint density at radius 2 is 1.94 bits per heavy atom. The van der Waals surface area contributed by atoms with Gasteiger partial charge >= 0.3 is 6.03 Å². The summed E-state index contributed by atoms with van der Waals surface area (Å²) in [7, 11) is 0. The highest BCUT2D eigenvalue weighted by atomic mass is 35.5. The van der Waals surface area contributed by atoms with E-state index in [9.17, 15) is 14.4 Å². The molecule has 3 aliphatic rings. The number of fused-ring (bicyclic) bond motifs is 5. The SMILES string of the molecule is C[C@H]1CN2c3c(nc4c(-c5cnccn5)noc4c3Cl)CC3(C(=O)NC(=O)NC3=O)[C@@H]2[C@@H](C)O1. The van der Waals surface area contributed by atoms with Crippen LogP contribution in [0.3, 0.4) is 0 Å². The monoisotopic (exact) mass is 483 g/mol. The van der Waals surface area contributed by atoms with Crippen molar-refractivity contribution in [3.63, 3.8) is 0 Å². The molecule has 3 atom stereocenters. The predicted molar refractivity (Wildman–Crippen MR) is 117 cm³/mol. The third kappa shape index (κ3) is 2.72. The lowest BCUT2D eigenvalue weighted by Crippen LogP contribution is -2.75. The largest absolute Gasteiger partial charge is 0.372 e. The molecule has 2 fully saturated rings.